The van der Waals surface area contributed by atoms with E-state index < -0.39 is 11.8 Å². The first-order chi connectivity index (χ1) is 10.5. The maximum absolute atomic E-state index is 11.9. The summed E-state index contributed by atoms with van der Waals surface area (Å²) in [4.78, 5) is 23.7. The number of carbonyl (C=O) groups excluding carboxylic acids is 2. The topological polar surface area (TPSA) is 58.2 Å². The second-order valence-electron chi connectivity index (χ2n) is 4.34. The molecule has 0 radical (unpaired) electrons. The summed E-state index contributed by atoms with van der Waals surface area (Å²) in [6, 6.07) is 11.3. The molecular formula is C15H11Cl3N2O2. The van der Waals surface area contributed by atoms with E-state index in [4.69, 9.17) is 34.8 Å². The van der Waals surface area contributed by atoms with E-state index in [0.29, 0.717) is 21.3 Å². The van der Waals surface area contributed by atoms with Gasteiger partial charge in [-0.25, -0.2) is 0 Å². The largest absolute Gasteiger partial charge is 0.343 e. The Hall–Kier alpha value is -1.75. The van der Waals surface area contributed by atoms with E-state index >= 15 is 0 Å². The average molecular weight is 358 g/mol. The third-order valence-corrected chi connectivity index (χ3v) is 3.78. The Bertz CT molecular complexity index is 720. The number of carbonyl (C=O) groups is 2. The number of amides is 2. The molecule has 0 aliphatic carbocycles. The van der Waals surface area contributed by atoms with E-state index in [-0.39, 0.29) is 11.6 Å². The fraction of sp³-hybridized carbons (Fsp3) is 0.0667. The Morgan fingerprint density at radius 1 is 1.00 bits per heavy atom. The van der Waals surface area contributed by atoms with Gasteiger partial charge in [0.05, 0.1) is 22.3 Å². The molecule has 0 saturated heterocycles. The summed E-state index contributed by atoms with van der Waals surface area (Å²) < 4.78 is 0. The summed E-state index contributed by atoms with van der Waals surface area (Å²) in [6.45, 7) is -0.200. The first kappa shape index (κ1) is 16.6. The molecule has 0 aliphatic rings. The molecule has 4 nitrogen and oxygen atoms in total. The summed E-state index contributed by atoms with van der Waals surface area (Å²) in [5.41, 5.74) is 0.761. The highest BCUT2D eigenvalue weighted by Crippen LogP contribution is 2.29. The van der Waals surface area contributed by atoms with E-state index in [1.807, 2.05) is 0 Å². The lowest BCUT2D eigenvalue weighted by atomic mass is 10.2. The van der Waals surface area contributed by atoms with E-state index in [2.05, 4.69) is 10.6 Å². The highest BCUT2D eigenvalue weighted by molar-refractivity contribution is 6.44. The standard InChI is InChI=1S/C15H11Cl3N2O2/c16-10-4-1-3-9(7-10)15(22)19-8-13(21)20-12-6-2-5-11(17)14(12)18/h1-7H,8H2,(H,19,22)(H,20,21). The van der Waals surface area contributed by atoms with Crippen molar-refractivity contribution in [2.45, 2.75) is 0 Å². The van der Waals surface area contributed by atoms with Gasteiger partial charge in [0.2, 0.25) is 5.91 Å². The van der Waals surface area contributed by atoms with Crippen molar-refractivity contribution in [3.8, 4) is 0 Å². The average Bonchev–Trinajstić information content (AvgIpc) is 2.49. The number of benzene rings is 2. The van der Waals surface area contributed by atoms with Crippen LogP contribution in [0.25, 0.3) is 0 Å². The van der Waals surface area contributed by atoms with Gasteiger partial charge in [-0.3, -0.25) is 9.59 Å². The van der Waals surface area contributed by atoms with Gasteiger partial charge >= 0.3 is 0 Å². The lowest BCUT2D eigenvalue weighted by Gasteiger charge is -2.09. The van der Waals surface area contributed by atoms with Gasteiger partial charge in [-0.05, 0) is 30.3 Å². The molecular weight excluding hydrogens is 347 g/mol. The summed E-state index contributed by atoms with van der Waals surface area (Å²) in [7, 11) is 0. The number of hydrogen-bond acceptors (Lipinski definition) is 2. The van der Waals surface area contributed by atoms with E-state index in [9.17, 15) is 9.59 Å². The zero-order chi connectivity index (χ0) is 16.1. The van der Waals surface area contributed by atoms with Crippen LogP contribution in [0.5, 0.6) is 0 Å². The fourth-order valence-corrected chi connectivity index (χ4v) is 2.23. The zero-order valence-electron chi connectivity index (χ0n) is 11.2. The van der Waals surface area contributed by atoms with Crippen molar-refractivity contribution in [3.05, 3.63) is 63.1 Å². The zero-order valence-corrected chi connectivity index (χ0v) is 13.5. The molecule has 0 bridgehead atoms. The normalized spacial score (nSPS) is 10.1. The minimum atomic E-state index is -0.417. The molecule has 0 unspecified atom stereocenters. The van der Waals surface area contributed by atoms with Crippen molar-refractivity contribution in [2.24, 2.45) is 0 Å². The van der Waals surface area contributed by atoms with Crippen molar-refractivity contribution < 1.29 is 9.59 Å². The molecule has 0 aromatic heterocycles. The van der Waals surface area contributed by atoms with Crippen molar-refractivity contribution >= 4 is 52.3 Å². The molecule has 0 fully saturated rings. The van der Waals surface area contributed by atoms with Crippen LogP contribution in [-0.4, -0.2) is 18.4 Å². The first-order valence-corrected chi connectivity index (χ1v) is 7.38. The highest BCUT2D eigenvalue weighted by atomic mass is 35.5. The smallest absolute Gasteiger partial charge is 0.251 e. The van der Waals surface area contributed by atoms with E-state index in [1.54, 1.807) is 36.4 Å². The van der Waals surface area contributed by atoms with Crippen LogP contribution in [0.15, 0.2) is 42.5 Å². The molecule has 0 atom stereocenters. The van der Waals surface area contributed by atoms with E-state index in [1.165, 1.54) is 6.07 Å². The van der Waals surface area contributed by atoms with Gasteiger partial charge in [0.15, 0.2) is 0 Å². The molecule has 0 saturated carbocycles. The SMILES string of the molecule is O=C(CNC(=O)c1cccc(Cl)c1)Nc1cccc(Cl)c1Cl. The Balaban J connectivity index is 1.93. The molecule has 22 heavy (non-hydrogen) atoms. The molecule has 2 rings (SSSR count). The number of hydrogen-bond donors (Lipinski definition) is 2. The van der Waals surface area contributed by atoms with Crippen LogP contribution in [0.2, 0.25) is 15.1 Å². The first-order valence-electron chi connectivity index (χ1n) is 6.25. The third-order valence-electron chi connectivity index (χ3n) is 2.72. The van der Waals surface area contributed by atoms with Gasteiger partial charge in [-0.2, -0.15) is 0 Å². The maximum atomic E-state index is 11.9. The molecule has 2 amide bonds. The predicted octanol–water partition coefficient (Wildman–Crippen LogP) is 4.02. The molecule has 0 aliphatic heterocycles. The van der Waals surface area contributed by atoms with Crippen molar-refractivity contribution in [2.75, 3.05) is 11.9 Å². The second-order valence-corrected chi connectivity index (χ2v) is 5.56. The predicted molar refractivity (Wildman–Crippen MR) is 88.9 cm³/mol. The monoisotopic (exact) mass is 356 g/mol. The Morgan fingerprint density at radius 2 is 1.73 bits per heavy atom. The van der Waals surface area contributed by atoms with Gasteiger partial charge in [-0.1, -0.05) is 46.9 Å². The van der Waals surface area contributed by atoms with Gasteiger partial charge in [-0.15, -0.1) is 0 Å². The van der Waals surface area contributed by atoms with Crippen LogP contribution in [0, 0.1) is 0 Å². The maximum Gasteiger partial charge on any atom is 0.251 e. The van der Waals surface area contributed by atoms with Gasteiger partial charge < -0.3 is 10.6 Å². The molecule has 114 valence electrons. The van der Waals surface area contributed by atoms with Gasteiger partial charge in [0.25, 0.3) is 5.91 Å². The fourth-order valence-electron chi connectivity index (χ4n) is 1.69. The Kier molecular flexibility index (Phi) is 5.66. The minimum Gasteiger partial charge on any atom is -0.343 e. The summed E-state index contributed by atoms with van der Waals surface area (Å²) >= 11 is 17.6. The van der Waals surface area contributed by atoms with Crippen LogP contribution in [-0.2, 0) is 4.79 Å². The molecule has 2 aromatic rings. The molecule has 7 heteroatoms. The van der Waals surface area contributed by atoms with E-state index in [0.717, 1.165) is 0 Å². The van der Waals surface area contributed by atoms with Crippen LogP contribution in [0.3, 0.4) is 0 Å². The highest BCUT2D eigenvalue weighted by Gasteiger charge is 2.11. The van der Waals surface area contributed by atoms with Gasteiger partial charge in [0, 0.05) is 10.6 Å². The number of nitrogens with one attached hydrogen (secondary N) is 2. The van der Waals surface area contributed by atoms with Crippen LogP contribution in [0.4, 0.5) is 5.69 Å². The summed E-state index contributed by atoms with van der Waals surface area (Å²) in [5, 5.41) is 6.10. The second kappa shape index (κ2) is 7.49. The molecule has 2 N–H and O–H groups in total. The van der Waals surface area contributed by atoms with Crippen LogP contribution < -0.4 is 10.6 Å². The summed E-state index contributed by atoms with van der Waals surface area (Å²) in [6.07, 6.45) is 0. The van der Waals surface area contributed by atoms with Crippen LogP contribution >= 0.6 is 34.8 Å². The lowest BCUT2D eigenvalue weighted by molar-refractivity contribution is -0.115. The Morgan fingerprint density at radius 3 is 2.45 bits per heavy atom. The van der Waals surface area contributed by atoms with Crippen molar-refractivity contribution in [1.82, 2.24) is 5.32 Å². The molecule has 2 aromatic carbocycles. The Labute approximate surface area is 142 Å². The number of anilines is 1. The van der Waals surface area contributed by atoms with Crippen molar-refractivity contribution in [1.29, 1.82) is 0 Å². The van der Waals surface area contributed by atoms with Crippen molar-refractivity contribution in [3.63, 3.8) is 0 Å². The number of halogens is 3. The minimum absolute atomic E-state index is 0.200. The summed E-state index contributed by atoms with van der Waals surface area (Å²) in [5.74, 6) is -0.811. The third kappa shape index (κ3) is 4.37. The molecule has 0 heterocycles. The van der Waals surface area contributed by atoms with Crippen LogP contribution in [0.1, 0.15) is 10.4 Å². The quantitative estimate of drug-likeness (QED) is 0.868. The molecule has 0 spiro atoms. The van der Waals surface area contributed by atoms with Gasteiger partial charge in [0.1, 0.15) is 0 Å². The number of rotatable bonds is 4. The lowest BCUT2D eigenvalue weighted by Crippen LogP contribution is -2.32.